The van der Waals surface area contributed by atoms with Crippen LogP contribution in [-0.4, -0.2) is 17.2 Å². The number of aliphatic hydroxyl groups is 1. The summed E-state index contributed by atoms with van der Waals surface area (Å²) in [5, 5.41) is 9.24. The van der Waals surface area contributed by atoms with Crippen molar-refractivity contribution in [1.29, 1.82) is 0 Å². The Morgan fingerprint density at radius 1 is 1.17 bits per heavy atom. The normalized spacial score (nSPS) is 10.7. The monoisotopic (exact) mass is 245 g/mol. The number of aromatic nitrogens is 1. The third-order valence-corrected chi connectivity index (χ3v) is 3.54. The van der Waals surface area contributed by atoms with Gasteiger partial charge in [0.25, 0.3) is 0 Å². The lowest BCUT2D eigenvalue weighted by molar-refractivity contribution is 0.281. The highest BCUT2D eigenvalue weighted by molar-refractivity contribution is 5.68. The summed E-state index contributed by atoms with van der Waals surface area (Å²) in [4.78, 5) is 3.32. The van der Waals surface area contributed by atoms with Crippen LogP contribution >= 0.6 is 0 Å². The van der Waals surface area contributed by atoms with E-state index in [1.54, 1.807) is 7.11 Å². The van der Waals surface area contributed by atoms with Crippen LogP contribution in [0.15, 0.2) is 18.2 Å². The van der Waals surface area contributed by atoms with Crippen molar-refractivity contribution in [2.75, 3.05) is 7.11 Å². The fourth-order valence-electron chi connectivity index (χ4n) is 2.22. The Hall–Kier alpha value is -1.74. The zero-order valence-electron chi connectivity index (χ0n) is 11.3. The Morgan fingerprint density at radius 2 is 1.89 bits per heavy atom. The van der Waals surface area contributed by atoms with Gasteiger partial charge >= 0.3 is 0 Å². The molecule has 0 saturated heterocycles. The summed E-state index contributed by atoms with van der Waals surface area (Å²) in [7, 11) is 1.68. The highest BCUT2D eigenvalue weighted by Gasteiger charge is 2.11. The lowest BCUT2D eigenvalue weighted by Crippen LogP contribution is -1.93. The molecule has 3 heteroatoms. The van der Waals surface area contributed by atoms with Crippen LogP contribution in [0.25, 0.3) is 11.3 Å². The van der Waals surface area contributed by atoms with Gasteiger partial charge in [-0.25, -0.2) is 0 Å². The maximum Gasteiger partial charge on any atom is 0.122 e. The van der Waals surface area contributed by atoms with Crippen molar-refractivity contribution >= 4 is 0 Å². The van der Waals surface area contributed by atoms with Crippen molar-refractivity contribution in [3.63, 3.8) is 0 Å². The Bertz CT molecular complexity index is 570. The predicted octanol–water partition coefficient (Wildman–Crippen LogP) is 3.11. The topological polar surface area (TPSA) is 45.2 Å². The molecule has 2 N–H and O–H groups in total. The third kappa shape index (κ3) is 2.02. The van der Waals surface area contributed by atoms with Gasteiger partial charge in [-0.15, -0.1) is 0 Å². The van der Waals surface area contributed by atoms with Gasteiger partial charge in [0.1, 0.15) is 5.75 Å². The van der Waals surface area contributed by atoms with E-state index in [1.165, 1.54) is 5.56 Å². The SMILES string of the molecule is COc1ccc(-c2cc(CO)c(C)[nH]2)c(C)c1C. The number of hydrogen-bond acceptors (Lipinski definition) is 2. The first-order valence-corrected chi connectivity index (χ1v) is 6.02. The summed E-state index contributed by atoms with van der Waals surface area (Å²) in [5.41, 5.74) is 6.49. The van der Waals surface area contributed by atoms with E-state index in [4.69, 9.17) is 4.74 Å². The second-order valence-electron chi connectivity index (χ2n) is 4.56. The van der Waals surface area contributed by atoms with Crippen molar-refractivity contribution in [3.8, 4) is 17.0 Å². The predicted molar refractivity (Wildman–Crippen MR) is 72.9 cm³/mol. The van der Waals surface area contributed by atoms with E-state index in [-0.39, 0.29) is 6.61 Å². The van der Waals surface area contributed by atoms with Gasteiger partial charge in [0.05, 0.1) is 13.7 Å². The molecule has 2 rings (SSSR count). The first kappa shape index (κ1) is 12.7. The van der Waals surface area contributed by atoms with Gasteiger partial charge in [0.15, 0.2) is 0 Å². The molecule has 0 aliphatic rings. The van der Waals surface area contributed by atoms with E-state index >= 15 is 0 Å². The highest BCUT2D eigenvalue weighted by Crippen LogP contribution is 2.31. The van der Waals surface area contributed by atoms with Crippen LogP contribution in [0.1, 0.15) is 22.4 Å². The molecule has 0 bridgehead atoms. The fourth-order valence-corrected chi connectivity index (χ4v) is 2.22. The zero-order valence-corrected chi connectivity index (χ0v) is 11.3. The minimum absolute atomic E-state index is 0.0660. The van der Waals surface area contributed by atoms with Crippen LogP contribution in [0.3, 0.4) is 0 Å². The first-order valence-electron chi connectivity index (χ1n) is 6.02. The molecule has 0 aliphatic heterocycles. The van der Waals surface area contributed by atoms with Crippen LogP contribution in [0.5, 0.6) is 5.75 Å². The summed E-state index contributed by atoms with van der Waals surface area (Å²) in [5.74, 6) is 0.905. The second kappa shape index (κ2) is 4.86. The Kier molecular flexibility index (Phi) is 3.43. The largest absolute Gasteiger partial charge is 0.496 e. The van der Waals surface area contributed by atoms with E-state index in [2.05, 4.69) is 18.8 Å². The molecule has 0 amide bonds. The Balaban J connectivity index is 2.54. The van der Waals surface area contributed by atoms with E-state index in [0.717, 1.165) is 33.8 Å². The van der Waals surface area contributed by atoms with Gasteiger partial charge in [-0.3, -0.25) is 0 Å². The van der Waals surface area contributed by atoms with Crippen molar-refractivity contribution < 1.29 is 9.84 Å². The molecule has 0 saturated carbocycles. The van der Waals surface area contributed by atoms with Gasteiger partial charge in [0, 0.05) is 17.0 Å². The quantitative estimate of drug-likeness (QED) is 0.872. The molecule has 1 aromatic heterocycles. The van der Waals surface area contributed by atoms with Crippen LogP contribution in [-0.2, 0) is 6.61 Å². The number of aryl methyl sites for hydroxylation is 1. The van der Waals surface area contributed by atoms with E-state index in [1.807, 2.05) is 25.1 Å². The van der Waals surface area contributed by atoms with Crippen LogP contribution in [0, 0.1) is 20.8 Å². The molecule has 1 heterocycles. The minimum atomic E-state index is 0.0660. The third-order valence-electron chi connectivity index (χ3n) is 3.54. The number of ether oxygens (including phenoxy) is 1. The lowest BCUT2D eigenvalue weighted by atomic mass is 10.00. The Labute approximate surface area is 107 Å². The molecule has 0 unspecified atom stereocenters. The van der Waals surface area contributed by atoms with Gasteiger partial charge in [0.2, 0.25) is 0 Å². The highest BCUT2D eigenvalue weighted by atomic mass is 16.5. The fraction of sp³-hybridized carbons (Fsp3) is 0.333. The summed E-state index contributed by atoms with van der Waals surface area (Å²) in [6.45, 7) is 6.18. The van der Waals surface area contributed by atoms with E-state index in [9.17, 15) is 5.11 Å². The average Bonchev–Trinajstić information content (AvgIpc) is 2.73. The molecule has 0 spiro atoms. The zero-order chi connectivity index (χ0) is 13.3. The average molecular weight is 245 g/mol. The first-order chi connectivity index (χ1) is 8.58. The molecule has 0 atom stereocenters. The summed E-state index contributed by atoms with van der Waals surface area (Å²) in [6.07, 6.45) is 0. The molecular weight excluding hydrogens is 226 g/mol. The maximum absolute atomic E-state index is 9.24. The van der Waals surface area contributed by atoms with Crippen LogP contribution in [0.2, 0.25) is 0 Å². The molecule has 3 nitrogen and oxygen atoms in total. The summed E-state index contributed by atoms with van der Waals surface area (Å²) >= 11 is 0. The molecule has 18 heavy (non-hydrogen) atoms. The molecule has 96 valence electrons. The van der Waals surface area contributed by atoms with Crippen molar-refractivity contribution in [2.24, 2.45) is 0 Å². The molecule has 0 fully saturated rings. The second-order valence-corrected chi connectivity index (χ2v) is 4.56. The number of aliphatic hydroxyl groups excluding tert-OH is 1. The van der Waals surface area contributed by atoms with E-state index < -0.39 is 0 Å². The van der Waals surface area contributed by atoms with E-state index in [0.29, 0.717) is 0 Å². The number of hydrogen-bond donors (Lipinski definition) is 2. The number of benzene rings is 1. The minimum Gasteiger partial charge on any atom is -0.496 e. The molecular formula is C15H19NO2. The van der Waals surface area contributed by atoms with Crippen LogP contribution < -0.4 is 4.74 Å². The number of methoxy groups -OCH3 is 1. The summed E-state index contributed by atoms with van der Waals surface area (Å²) < 4.78 is 5.32. The number of H-pyrrole nitrogens is 1. The molecule has 1 aromatic carbocycles. The van der Waals surface area contributed by atoms with Crippen molar-refractivity contribution in [1.82, 2.24) is 4.98 Å². The van der Waals surface area contributed by atoms with Crippen LogP contribution in [0.4, 0.5) is 0 Å². The number of rotatable bonds is 3. The van der Waals surface area contributed by atoms with Gasteiger partial charge < -0.3 is 14.8 Å². The molecule has 2 aromatic rings. The van der Waals surface area contributed by atoms with Gasteiger partial charge in [-0.1, -0.05) is 0 Å². The number of nitrogens with one attached hydrogen (secondary N) is 1. The van der Waals surface area contributed by atoms with Gasteiger partial charge in [-0.05, 0) is 55.7 Å². The van der Waals surface area contributed by atoms with Gasteiger partial charge in [-0.2, -0.15) is 0 Å². The smallest absolute Gasteiger partial charge is 0.122 e. The van der Waals surface area contributed by atoms with Crippen molar-refractivity contribution in [2.45, 2.75) is 27.4 Å². The Morgan fingerprint density at radius 3 is 2.44 bits per heavy atom. The number of aromatic amines is 1. The summed E-state index contributed by atoms with van der Waals surface area (Å²) in [6, 6.07) is 6.03. The lowest BCUT2D eigenvalue weighted by Gasteiger charge is -2.11. The molecule has 0 radical (unpaired) electrons. The standard InChI is InChI=1S/C15H19NO2/c1-9-10(2)15(18-4)6-5-13(9)14-7-12(8-17)11(3)16-14/h5-7,16-17H,8H2,1-4H3. The molecule has 0 aliphatic carbocycles. The maximum atomic E-state index is 9.24. The van der Waals surface area contributed by atoms with Crippen molar-refractivity contribution in [3.05, 3.63) is 40.6 Å².